The first-order chi connectivity index (χ1) is 7.31. The lowest BCUT2D eigenvalue weighted by Crippen LogP contribution is -2.32. The molecule has 0 saturated heterocycles. The van der Waals surface area contributed by atoms with E-state index in [2.05, 4.69) is 42.9 Å². The molecule has 1 aliphatic rings. The molecule has 0 radical (unpaired) electrons. The lowest BCUT2D eigenvalue weighted by molar-refractivity contribution is 0.323. The minimum Gasteiger partial charge on any atom is -0.316 e. The highest BCUT2D eigenvalue weighted by Crippen LogP contribution is 2.29. The van der Waals surface area contributed by atoms with Gasteiger partial charge in [-0.05, 0) is 33.0 Å². The number of thioether (sulfide) groups is 1. The largest absolute Gasteiger partial charge is 0.316 e. The van der Waals surface area contributed by atoms with E-state index in [0.717, 1.165) is 11.3 Å². The maximum Gasteiger partial charge on any atom is 0.0201 e. The predicted octanol–water partition coefficient (Wildman–Crippen LogP) is 2.20. The lowest BCUT2D eigenvalue weighted by atomic mass is 10.2. The van der Waals surface area contributed by atoms with E-state index in [9.17, 15) is 0 Å². The molecular weight excluding hydrogens is 204 g/mol. The van der Waals surface area contributed by atoms with E-state index in [-0.39, 0.29) is 0 Å². The monoisotopic (exact) mass is 230 g/mol. The Morgan fingerprint density at radius 1 is 1.27 bits per heavy atom. The Balaban J connectivity index is 2.13. The Morgan fingerprint density at radius 2 is 2.00 bits per heavy atom. The van der Waals surface area contributed by atoms with Crippen molar-refractivity contribution in [1.82, 2.24) is 10.2 Å². The molecule has 2 unspecified atom stereocenters. The van der Waals surface area contributed by atoms with Crippen molar-refractivity contribution in [2.24, 2.45) is 0 Å². The van der Waals surface area contributed by atoms with Gasteiger partial charge in [0.2, 0.25) is 0 Å². The summed E-state index contributed by atoms with van der Waals surface area (Å²) in [7, 11) is 2.11. The molecule has 0 aromatic carbocycles. The molecule has 1 rings (SSSR count). The molecule has 1 saturated carbocycles. The smallest absolute Gasteiger partial charge is 0.0201 e. The lowest BCUT2D eigenvalue weighted by Gasteiger charge is -2.21. The van der Waals surface area contributed by atoms with Crippen molar-refractivity contribution >= 4 is 11.8 Å². The molecule has 0 aromatic heterocycles. The van der Waals surface area contributed by atoms with Gasteiger partial charge in [0.05, 0.1) is 0 Å². The molecule has 1 N–H and O–H groups in total. The van der Waals surface area contributed by atoms with Gasteiger partial charge < -0.3 is 10.2 Å². The predicted molar refractivity (Wildman–Crippen MR) is 70.7 cm³/mol. The molecule has 2 atom stereocenters. The Labute approximate surface area is 99.2 Å². The summed E-state index contributed by atoms with van der Waals surface area (Å²) in [4.78, 5) is 2.51. The Hall–Kier alpha value is 0.270. The topological polar surface area (TPSA) is 15.3 Å². The van der Waals surface area contributed by atoms with Gasteiger partial charge in [0.25, 0.3) is 0 Å². The minimum absolute atomic E-state index is 0.770. The number of nitrogens with one attached hydrogen (secondary N) is 1. The Bertz CT molecular complexity index is 160. The van der Waals surface area contributed by atoms with Crippen LogP contribution in [0.3, 0.4) is 0 Å². The first-order valence-electron chi connectivity index (χ1n) is 6.33. The fourth-order valence-corrected chi connectivity index (χ4v) is 3.83. The summed E-state index contributed by atoms with van der Waals surface area (Å²) in [5.74, 6) is 1.30. The summed E-state index contributed by atoms with van der Waals surface area (Å²) < 4.78 is 0. The summed E-state index contributed by atoms with van der Waals surface area (Å²) in [5, 5.41) is 4.31. The van der Waals surface area contributed by atoms with E-state index in [0.29, 0.717) is 0 Å². The van der Waals surface area contributed by atoms with Crippen molar-refractivity contribution in [2.45, 2.75) is 44.4 Å². The van der Waals surface area contributed by atoms with Crippen LogP contribution >= 0.6 is 11.8 Å². The van der Waals surface area contributed by atoms with Gasteiger partial charge in [-0.25, -0.2) is 0 Å². The molecular formula is C12H26N2S. The van der Waals surface area contributed by atoms with Crippen LogP contribution in [0.2, 0.25) is 0 Å². The second-order valence-corrected chi connectivity index (χ2v) is 5.61. The Morgan fingerprint density at radius 3 is 2.60 bits per heavy atom. The van der Waals surface area contributed by atoms with Crippen LogP contribution in [0, 0.1) is 0 Å². The van der Waals surface area contributed by atoms with Gasteiger partial charge in [-0.3, -0.25) is 0 Å². The molecule has 0 heterocycles. The molecule has 1 aliphatic carbocycles. The molecule has 3 heteroatoms. The standard InChI is InChI=1S/C12H26N2S/c1-4-14(5-2)9-10-15-12-8-6-7-11(12)13-3/h11-13H,4-10H2,1-3H3. The molecule has 0 aliphatic heterocycles. The van der Waals surface area contributed by atoms with Crippen molar-refractivity contribution in [3.8, 4) is 0 Å². The van der Waals surface area contributed by atoms with Crippen molar-refractivity contribution < 1.29 is 0 Å². The van der Waals surface area contributed by atoms with Crippen LogP contribution in [0.5, 0.6) is 0 Å². The number of rotatable bonds is 7. The summed E-state index contributed by atoms with van der Waals surface area (Å²) >= 11 is 2.17. The molecule has 0 bridgehead atoms. The maximum atomic E-state index is 3.45. The van der Waals surface area contributed by atoms with Crippen molar-refractivity contribution in [3.05, 3.63) is 0 Å². The SMILES string of the molecule is CCN(CC)CCSC1CCCC1NC. The van der Waals surface area contributed by atoms with Gasteiger partial charge in [0, 0.05) is 23.6 Å². The molecule has 15 heavy (non-hydrogen) atoms. The molecule has 0 amide bonds. The van der Waals surface area contributed by atoms with E-state index in [1.165, 1.54) is 44.6 Å². The summed E-state index contributed by atoms with van der Waals surface area (Å²) in [6.45, 7) is 8.14. The maximum absolute atomic E-state index is 3.45. The summed E-state index contributed by atoms with van der Waals surface area (Å²) in [6.07, 6.45) is 4.20. The van der Waals surface area contributed by atoms with Crippen LogP contribution in [0.15, 0.2) is 0 Å². The van der Waals surface area contributed by atoms with Gasteiger partial charge in [0.15, 0.2) is 0 Å². The molecule has 90 valence electrons. The van der Waals surface area contributed by atoms with Crippen LogP contribution in [0.1, 0.15) is 33.1 Å². The third kappa shape index (κ3) is 4.33. The van der Waals surface area contributed by atoms with Crippen molar-refractivity contribution in [1.29, 1.82) is 0 Å². The van der Waals surface area contributed by atoms with E-state index in [4.69, 9.17) is 0 Å². The molecule has 2 nitrogen and oxygen atoms in total. The van der Waals surface area contributed by atoms with E-state index >= 15 is 0 Å². The average molecular weight is 230 g/mol. The second kappa shape index (κ2) is 7.53. The molecule has 0 aromatic rings. The zero-order valence-electron chi connectivity index (χ0n) is 10.5. The van der Waals surface area contributed by atoms with Crippen LogP contribution in [-0.2, 0) is 0 Å². The highest BCUT2D eigenvalue weighted by molar-refractivity contribution is 8.00. The van der Waals surface area contributed by atoms with Crippen LogP contribution in [0.25, 0.3) is 0 Å². The van der Waals surface area contributed by atoms with Gasteiger partial charge in [-0.1, -0.05) is 20.3 Å². The van der Waals surface area contributed by atoms with E-state index in [1.807, 2.05) is 0 Å². The second-order valence-electron chi connectivity index (χ2n) is 4.26. The van der Waals surface area contributed by atoms with E-state index < -0.39 is 0 Å². The average Bonchev–Trinajstić information content (AvgIpc) is 2.72. The van der Waals surface area contributed by atoms with Gasteiger partial charge in [-0.15, -0.1) is 0 Å². The summed E-state index contributed by atoms with van der Waals surface area (Å²) in [6, 6.07) is 0.770. The first kappa shape index (κ1) is 13.3. The fraction of sp³-hybridized carbons (Fsp3) is 1.00. The van der Waals surface area contributed by atoms with Crippen molar-refractivity contribution in [2.75, 3.05) is 32.4 Å². The number of nitrogens with zero attached hydrogens (tertiary/aromatic N) is 1. The highest BCUT2D eigenvalue weighted by Gasteiger charge is 2.25. The van der Waals surface area contributed by atoms with Crippen LogP contribution < -0.4 is 5.32 Å². The first-order valence-corrected chi connectivity index (χ1v) is 7.37. The van der Waals surface area contributed by atoms with Crippen LogP contribution in [-0.4, -0.2) is 48.6 Å². The molecule has 1 fully saturated rings. The zero-order chi connectivity index (χ0) is 11.1. The zero-order valence-corrected chi connectivity index (χ0v) is 11.3. The number of hydrogen-bond donors (Lipinski definition) is 1. The van der Waals surface area contributed by atoms with Gasteiger partial charge in [0.1, 0.15) is 0 Å². The molecule has 0 spiro atoms. The number of hydrogen-bond acceptors (Lipinski definition) is 3. The van der Waals surface area contributed by atoms with Crippen molar-refractivity contribution in [3.63, 3.8) is 0 Å². The fourth-order valence-electron chi connectivity index (χ4n) is 2.33. The minimum atomic E-state index is 0.770. The third-order valence-corrected chi connectivity index (χ3v) is 4.87. The van der Waals surface area contributed by atoms with Gasteiger partial charge >= 0.3 is 0 Å². The van der Waals surface area contributed by atoms with Crippen LogP contribution in [0.4, 0.5) is 0 Å². The summed E-state index contributed by atoms with van der Waals surface area (Å²) in [5.41, 5.74) is 0. The third-order valence-electron chi connectivity index (χ3n) is 3.46. The Kier molecular flexibility index (Phi) is 6.69. The van der Waals surface area contributed by atoms with Gasteiger partial charge in [-0.2, -0.15) is 11.8 Å². The quantitative estimate of drug-likeness (QED) is 0.722. The highest BCUT2D eigenvalue weighted by atomic mass is 32.2. The normalized spacial score (nSPS) is 26.4. The van der Waals surface area contributed by atoms with E-state index in [1.54, 1.807) is 0 Å².